The standard InChI is InChI=1S/C57H93N2O6P/c1-6-8-10-12-14-16-18-20-21-22-23-24-25-26-27-28-29-30-31-32-33-34-35-36-37-39-41-43-45-47-49-51-57(61)58-55(54-65-66(62,63)64-53-52-59(3,4)5)56(60)50-48-46-44-42-40-38-19-17-15-13-11-9-7-2/h8,10,14-17,20-21,23-24,26-27,29-30,32-33,35-36,39-42,48,50,55-56,60H,6-7,9,11-13,18-19,22,25,28,31,34,37-38,43-47,49,51-54H2,1-5H3,(H-,58,61,62,63)/p+1/b10-8-,16-14-,17-15+,21-20-,24-23-,27-26-,30-29-,33-32-,36-35-,41-39-,42-40+,50-48+. The second-order valence-corrected chi connectivity index (χ2v) is 18.9. The summed E-state index contributed by atoms with van der Waals surface area (Å²) >= 11 is 0. The number of unbranched alkanes of at least 4 members (excludes halogenated alkanes) is 8. The van der Waals surface area contributed by atoms with E-state index in [1.807, 2.05) is 27.2 Å². The molecule has 0 aromatic rings. The number of likely N-dealkylation sites (N-methyl/N-ethyl adjacent to an activating group) is 1. The lowest BCUT2D eigenvalue weighted by Crippen LogP contribution is -2.45. The molecular formula is C57H94N2O6P+. The van der Waals surface area contributed by atoms with Gasteiger partial charge in [0.1, 0.15) is 13.2 Å². The van der Waals surface area contributed by atoms with Gasteiger partial charge in [-0.25, -0.2) is 4.57 Å². The highest BCUT2D eigenvalue weighted by Gasteiger charge is 2.27. The Morgan fingerprint density at radius 3 is 1.36 bits per heavy atom. The third-order valence-electron chi connectivity index (χ3n) is 10.0. The van der Waals surface area contributed by atoms with Crippen molar-refractivity contribution in [2.24, 2.45) is 0 Å². The highest BCUT2D eigenvalue weighted by Crippen LogP contribution is 2.43. The number of quaternary nitrogens is 1. The van der Waals surface area contributed by atoms with Gasteiger partial charge in [0.15, 0.2) is 0 Å². The Kier molecular flexibility index (Phi) is 43.9. The van der Waals surface area contributed by atoms with Crippen LogP contribution in [0, 0.1) is 0 Å². The Balaban J connectivity index is 4.40. The molecule has 3 atom stereocenters. The zero-order valence-electron chi connectivity index (χ0n) is 42.1. The van der Waals surface area contributed by atoms with E-state index >= 15 is 0 Å². The summed E-state index contributed by atoms with van der Waals surface area (Å²) < 4.78 is 23.5. The summed E-state index contributed by atoms with van der Waals surface area (Å²) in [6.45, 7) is 4.57. The minimum absolute atomic E-state index is 0.0375. The van der Waals surface area contributed by atoms with Crippen molar-refractivity contribution in [3.8, 4) is 0 Å². The van der Waals surface area contributed by atoms with Gasteiger partial charge in [-0.05, 0) is 116 Å². The Morgan fingerprint density at radius 2 is 0.924 bits per heavy atom. The number of hydrogen-bond acceptors (Lipinski definition) is 5. The molecule has 0 fully saturated rings. The molecule has 3 unspecified atom stereocenters. The number of phosphoric ester groups is 1. The van der Waals surface area contributed by atoms with Crippen molar-refractivity contribution in [1.29, 1.82) is 0 Å². The monoisotopic (exact) mass is 934 g/mol. The predicted octanol–water partition coefficient (Wildman–Crippen LogP) is 15.0. The maximum absolute atomic E-state index is 12.9. The summed E-state index contributed by atoms with van der Waals surface area (Å²) in [7, 11) is 1.49. The van der Waals surface area contributed by atoms with Gasteiger partial charge in [-0.2, -0.15) is 0 Å². The molecule has 0 rings (SSSR count). The number of carbonyl (C=O) groups excluding carboxylic acids is 1. The molecule has 0 spiro atoms. The molecule has 1 amide bonds. The largest absolute Gasteiger partial charge is 0.472 e. The van der Waals surface area contributed by atoms with Crippen LogP contribution in [-0.2, 0) is 18.4 Å². The number of phosphoric acid groups is 1. The van der Waals surface area contributed by atoms with Crippen molar-refractivity contribution in [1.82, 2.24) is 5.32 Å². The number of hydrogen-bond donors (Lipinski definition) is 3. The van der Waals surface area contributed by atoms with E-state index in [9.17, 15) is 19.4 Å². The quantitative estimate of drug-likeness (QED) is 0.0243. The third-order valence-corrected chi connectivity index (χ3v) is 11.0. The highest BCUT2D eigenvalue weighted by atomic mass is 31.2. The molecule has 3 N–H and O–H groups in total. The zero-order valence-corrected chi connectivity index (χ0v) is 43.0. The van der Waals surface area contributed by atoms with Gasteiger partial charge in [0, 0.05) is 6.42 Å². The summed E-state index contributed by atoms with van der Waals surface area (Å²) in [5, 5.41) is 13.8. The summed E-state index contributed by atoms with van der Waals surface area (Å²) in [5.74, 6) is -0.232. The predicted molar refractivity (Wildman–Crippen MR) is 285 cm³/mol. The minimum Gasteiger partial charge on any atom is -0.387 e. The molecule has 372 valence electrons. The molecule has 0 aliphatic heterocycles. The van der Waals surface area contributed by atoms with E-state index in [1.165, 1.54) is 19.3 Å². The molecule has 0 aliphatic carbocycles. The van der Waals surface area contributed by atoms with E-state index in [1.54, 1.807) is 6.08 Å². The first kappa shape index (κ1) is 62.4. The van der Waals surface area contributed by atoms with Crippen molar-refractivity contribution in [2.75, 3.05) is 40.9 Å². The van der Waals surface area contributed by atoms with E-state index < -0.39 is 20.0 Å². The van der Waals surface area contributed by atoms with Gasteiger partial charge in [0.2, 0.25) is 5.91 Å². The SMILES string of the molecule is CC/C=C\C/C=C\C/C=C\C/C=C\C/C=C\C/C=C\C/C=C\C/C=C\C/C=C\CCCCCC(=O)NC(COP(=O)(O)OCC[N+](C)(C)C)C(O)/C=C/CC/C=C/CC/C=C/CCCCC. The van der Waals surface area contributed by atoms with Crippen molar-refractivity contribution in [3.63, 3.8) is 0 Å². The van der Waals surface area contributed by atoms with Crippen LogP contribution < -0.4 is 5.32 Å². The number of carbonyl (C=O) groups is 1. The van der Waals surface area contributed by atoms with Crippen LogP contribution in [0.25, 0.3) is 0 Å². The first-order valence-electron chi connectivity index (χ1n) is 25.2. The average Bonchev–Trinajstić information content (AvgIpc) is 3.28. The molecule has 0 heterocycles. The smallest absolute Gasteiger partial charge is 0.387 e. The number of aliphatic hydroxyl groups excluding tert-OH is 1. The van der Waals surface area contributed by atoms with Crippen molar-refractivity contribution in [3.05, 3.63) is 146 Å². The Hall–Kier alpha value is -3.62. The Morgan fingerprint density at radius 1 is 0.530 bits per heavy atom. The van der Waals surface area contributed by atoms with E-state index in [4.69, 9.17) is 9.05 Å². The molecule has 0 aliphatic rings. The van der Waals surface area contributed by atoms with Crippen LogP contribution >= 0.6 is 7.82 Å². The normalized spacial score (nSPS) is 15.3. The molecule has 0 bridgehead atoms. The van der Waals surface area contributed by atoms with Crippen molar-refractivity contribution < 1.29 is 32.9 Å². The summed E-state index contributed by atoms with van der Waals surface area (Å²) in [6, 6.07) is -0.898. The fraction of sp³-hybridized carbons (Fsp3) is 0.561. The lowest BCUT2D eigenvalue weighted by Gasteiger charge is -2.25. The van der Waals surface area contributed by atoms with E-state index in [0.717, 1.165) is 109 Å². The second kappa shape index (κ2) is 46.5. The molecule has 0 aromatic carbocycles. The van der Waals surface area contributed by atoms with Crippen LogP contribution in [0.1, 0.15) is 155 Å². The first-order valence-corrected chi connectivity index (χ1v) is 26.7. The molecule has 0 saturated heterocycles. The number of nitrogens with one attached hydrogen (secondary N) is 1. The number of rotatable bonds is 43. The lowest BCUT2D eigenvalue weighted by atomic mass is 10.1. The van der Waals surface area contributed by atoms with E-state index in [-0.39, 0.29) is 19.1 Å². The summed E-state index contributed by atoms with van der Waals surface area (Å²) in [4.78, 5) is 23.2. The summed E-state index contributed by atoms with van der Waals surface area (Å²) in [6.07, 6.45) is 72.2. The average molecular weight is 934 g/mol. The zero-order chi connectivity index (χ0) is 48.5. The van der Waals surface area contributed by atoms with Crippen LogP contribution in [0.5, 0.6) is 0 Å². The lowest BCUT2D eigenvalue weighted by molar-refractivity contribution is -0.870. The maximum Gasteiger partial charge on any atom is 0.472 e. The van der Waals surface area contributed by atoms with Crippen LogP contribution in [0.3, 0.4) is 0 Å². The van der Waals surface area contributed by atoms with Gasteiger partial charge in [0.05, 0.1) is 39.9 Å². The fourth-order valence-corrected chi connectivity index (χ4v) is 6.80. The number of aliphatic hydroxyl groups is 1. The van der Waals surface area contributed by atoms with Crippen LogP contribution in [-0.4, -0.2) is 73.4 Å². The second-order valence-electron chi connectivity index (χ2n) is 17.4. The van der Waals surface area contributed by atoms with Crippen molar-refractivity contribution >= 4 is 13.7 Å². The fourth-order valence-electron chi connectivity index (χ4n) is 6.06. The molecule has 0 aromatic heterocycles. The maximum atomic E-state index is 12.9. The van der Waals surface area contributed by atoms with Crippen LogP contribution in [0.15, 0.2) is 146 Å². The van der Waals surface area contributed by atoms with Crippen molar-refractivity contribution in [2.45, 2.75) is 167 Å². The van der Waals surface area contributed by atoms with Gasteiger partial charge in [-0.15, -0.1) is 0 Å². The van der Waals surface area contributed by atoms with Gasteiger partial charge in [0.25, 0.3) is 0 Å². The first-order chi connectivity index (χ1) is 32.0. The van der Waals surface area contributed by atoms with Gasteiger partial charge in [-0.1, -0.05) is 179 Å². The molecule has 0 saturated carbocycles. The number of amides is 1. The van der Waals surface area contributed by atoms with E-state index in [2.05, 4.69) is 153 Å². The Labute approximate surface area is 404 Å². The molecular weight excluding hydrogens is 840 g/mol. The third kappa shape index (κ3) is 48.3. The van der Waals surface area contributed by atoms with Gasteiger partial charge < -0.3 is 19.8 Å². The highest BCUT2D eigenvalue weighted by molar-refractivity contribution is 7.47. The molecule has 66 heavy (non-hydrogen) atoms. The summed E-state index contributed by atoms with van der Waals surface area (Å²) in [5.41, 5.74) is 0. The number of nitrogens with zero attached hydrogens (tertiary/aromatic N) is 1. The topological polar surface area (TPSA) is 105 Å². The minimum atomic E-state index is -4.37. The van der Waals surface area contributed by atoms with Gasteiger partial charge >= 0.3 is 7.82 Å². The molecule has 9 heteroatoms. The van der Waals surface area contributed by atoms with Gasteiger partial charge in [-0.3, -0.25) is 13.8 Å². The van der Waals surface area contributed by atoms with E-state index in [0.29, 0.717) is 23.9 Å². The number of allylic oxidation sites excluding steroid dienone is 23. The molecule has 8 nitrogen and oxygen atoms in total. The van der Waals surface area contributed by atoms with Crippen LogP contribution in [0.2, 0.25) is 0 Å². The van der Waals surface area contributed by atoms with Crippen LogP contribution in [0.4, 0.5) is 0 Å². The Bertz CT molecular complexity index is 1570. The molecule has 0 radical (unpaired) electrons.